The molecule has 1 nitrogen and oxygen atoms in total. The van der Waals surface area contributed by atoms with Gasteiger partial charge >= 0.3 is 0 Å². The van der Waals surface area contributed by atoms with Gasteiger partial charge < -0.3 is 5.32 Å². The van der Waals surface area contributed by atoms with E-state index >= 15 is 0 Å². The van der Waals surface area contributed by atoms with E-state index in [0.29, 0.717) is 17.4 Å². The third kappa shape index (κ3) is 2.70. The SMILES string of the molecule is CN[C@@H](C(C)C)C(C)(C)C.[HH]. The zero-order valence-electron chi connectivity index (χ0n) is 8.15. The molecule has 0 bridgehead atoms. The lowest BCUT2D eigenvalue weighted by Crippen LogP contribution is -2.42. The Bertz CT molecular complexity index is 94.2. The maximum Gasteiger partial charge on any atom is 0.0136 e. The Balaban J connectivity index is 0. The van der Waals surface area contributed by atoms with Gasteiger partial charge in [0.15, 0.2) is 0 Å². The summed E-state index contributed by atoms with van der Waals surface area (Å²) in [4.78, 5) is 0. The van der Waals surface area contributed by atoms with Crippen molar-refractivity contribution in [1.82, 2.24) is 5.32 Å². The smallest absolute Gasteiger partial charge is 0.0136 e. The first kappa shape index (κ1) is 9.96. The minimum Gasteiger partial charge on any atom is -0.316 e. The van der Waals surface area contributed by atoms with Crippen molar-refractivity contribution in [3.63, 3.8) is 0 Å². The Morgan fingerprint density at radius 2 is 1.60 bits per heavy atom. The molecule has 64 valence electrons. The summed E-state index contributed by atoms with van der Waals surface area (Å²) in [5.41, 5.74) is 0.378. The maximum atomic E-state index is 3.34. The van der Waals surface area contributed by atoms with Crippen molar-refractivity contribution in [1.29, 1.82) is 0 Å². The Morgan fingerprint density at radius 3 is 1.60 bits per heavy atom. The fourth-order valence-corrected chi connectivity index (χ4v) is 1.77. The minimum atomic E-state index is 0. The molecule has 0 aliphatic carbocycles. The second kappa shape index (κ2) is 3.38. The molecule has 0 saturated heterocycles. The molecular formula is C9H23N. The molecule has 0 spiro atoms. The van der Waals surface area contributed by atoms with E-state index in [4.69, 9.17) is 0 Å². The van der Waals surface area contributed by atoms with E-state index in [1.54, 1.807) is 0 Å². The van der Waals surface area contributed by atoms with Gasteiger partial charge in [-0.2, -0.15) is 0 Å². The number of hydrogen-bond donors (Lipinski definition) is 1. The molecular weight excluding hydrogens is 122 g/mol. The molecule has 0 aliphatic rings. The first-order valence-corrected chi connectivity index (χ1v) is 4.07. The van der Waals surface area contributed by atoms with Gasteiger partial charge in [0.1, 0.15) is 0 Å². The Morgan fingerprint density at radius 1 is 1.20 bits per heavy atom. The van der Waals surface area contributed by atoms with Gasteiger partial charge in [0.05, 0.1) is 0 Å². The molecule has 0 aliphatic heterocycles. The molecule has 1 N–H and O–H groups in total. The normalized spacial score (nSPS) is 15.9. The van der Waals surface area contributed by atoms with Crippen LogP contribution in [-0.2, 0) is 0 Å². The van der Waals surface area contributed by atoms with Gasteiger partial charge in [0.25, 0.3) is 0 Å². The van der Waals surface area contributed by atoms with Crippen LogP contribution < -0.4 is 5.32 Å². The van der Waals surface area contributed by atoms with Gasteiger partial charge in [-0.05, 0) is 18.4 Å². The molecule has 10 heavy (non-hydrogen) atoms. The highest BCUT2D eigenvalue weighted by Gasteiger charge is 2.25. The van der Waals surface area contributed by atoms with E-state index in [1.807, 2.05) is 7.05 Å². The van der Waals surface area contributed by atoms with E-state index in [-0.39, 0.29) is 1.43 Å². The Kier molecular flexibility index (Phi) is 3.37. The topological polar surface area (TPSA) is 12.0 Å². The van der Waals surface area contributed by atoms with E-state index in [0.717, 1.165) is 0 Å². The van der Waals surface area contributed by atoms with Gasteiger partial charge in [-0.1, -0.05) is 34.6 Å². The zero-order valence-corrected chi connectivity index (χ0v) is 8.15. The number of rotatable bonds is 2. The van der Waals surface area contributed by atoms with Crippen LogP contribution in [0.5, 0.6) is 0 Å². The van der Waals surface area contributed by atoms with E-state index in [2.05, 4.69) is 39.9 Å². The van der Waals surface area contributed by atoms with Gasteiger partial charge in [-0.15, -0.1) is 0 Å². The second-order valence-electron chi connectivity index (χ2n) is 4.38. The lowest BCUT2D eigenvalue weighted by atomic mass is 9.80. The van der Waals surface area contributed by atoms with Gasteiger partial charge in [-0.3, -0.25) is 0 Å². The van der Waals surface area contributed by atoms with Gasteiger partial charge in [0.2, 0.25) is 0 Å². The first-order chi connectivity index (χ1) is 4.39. The van der Waals surface area contributed by atoms with E-state index in [9.17, 15) is 0 Å². The Labute approximate surface area is 66.7 Å². The van der Waals surface area contributed by atoms with Crippen LogP contribution in [0.4, 0.5) is 0 Å². The zero-order chi connectivity index (χ0) is 8.36. The number of hydrogen-bond acceptors (Lipinski definition) is 1. The molecule has 0 fully saturated rings. The van der Waals surface area contributed by atoms with Crippen LogP contribution >= 0.6 is 0 Å². The average Bonchev–Trinajstić information content (AvgIpc) is 1.60. The lowest BCUT2D eigenvalue weighted by molar-refractivity contribution is 0.224. The predicted octanol–water partition coefficient (Wildman–Crippen LogP) is 2.52. The van der Waals surface area contributed by atoms with Crippen LogP contribution in [-0.4, -0.2) is 13.1 Å². The fourth-order valence-electron chi connectivity index (χ4n) is 1.77. The van der Waals surface area contributed by atoms with Crippen molar-refractivity contribution < 1.29 is 1.43 Å². The largest absolute Gasteiger partial charge is 0.316 e. The molecule has 0 aromatic heterocycles. The van der Waals surface area contributed by atoms with E-state index in [1.165, 1.54) is 0 Å². The number of nitrogens with one attached hydrogen (secondary N) is 1. The van der Waals surface area contributed by atoms with Crippen LogP contribution in [0, 0.1) is 11.3 Å². The quantitative estimate of drug-likeness (QED) is 0.629. The molecule has 0 aromatic rings. The summed E-state index contributed by atoms with van der Waals surface area (Å²) in [6.45, 7) is 11.3. The lowest BCUT2D eigenvalue weighted by Gasteiger charge is -2.33. The van der Waals surface area contributed by atoms with Crippen molar-refractivity contribution in [2.45, 2.75) is 40.7 Å². The summed E-state index contributed by atoms with van der Waals surface area (Å²) in [7, 11) is 2.04. The first-order valence-electron chi connectivity index (χ1n) is 4.07. The van der Waals surface area contributed by atoms with Crippen LogP contribution in [0.25, 0.3) is 0 Å². The van der Waals surface area contributed by atoms with Crippen molar-refractivity contribution in [3.8, 4) is 0 Å². The van der Waals surface area contributed by atoms with Crippen molar-refractivity contribution in [3.05, 3.63) is 0 Å². The summed E-state index contributed by atoms with van der Waals surface area (Å²) in [6, 6.07) is 0.618. The fraction of sp³-hybridized carbons (Fsp3) is 1.00. The summed E-state index contributed by atoms with van der Waals surface area (Å²) >= 11 is 0. The molecule has 1 atom stereocenters. The highest BCUT2D eigenvalue weighted by Crippen LogP contribution is 2.24. The van der Waals surface area contributed by atoms with Crippen LogP contribution in [0.2, 0.25) is 0 Å². The molecule has 0 saturated carbocycles. The Hall–Kier alpha value is -0.0400. The molecule has 0 heterocycles. The summed E-state index contributed by atoms with van der Waals surface area (Å²) in [5.74, 6) is 0.713. The van der Waals surface area contributed by atoms with Gasteiger partial charge in [0, 0.05) is 7.47 Å². The predicted molar refractivity (Wildman–Crippen MR) is 49.3 cm³/mol. The average molecular weight is 145 g/mol. The van der Waals surface area contributed by atoms with Crippen molar-refractivity contribution in [2.24, 2.45) is 11.3 Å². The monoisotopic (exact) mass is 145 g/mol. The van der Waals surface area contributed by atoms with Gasteiger partial charge in [-0.25, -0.2) is 0 Å². The summed E-state index contributed by atoms with van der Waals surface area (Å²) in [6.07, 6.45) is 0. The van der Waals surface area contributed by atoms with Crippen molar-refractivity contribution >= 4 is 0 Å². The van der Waals surface area contributed by atoms with Crippen LogP contribution in [0.15, 0.2) is 0 Å². The third-order valence-electron chi connectivity index (χ3n) is 1.91. The standard InChI is InChI=1S/C9H21N.H2/c1-7(2)8(10-6)9(3,4)5;/h7-8,10H,1-6H3;1H/t8-;/m0./s1. The maximum absolute atomic E-state index is 3.34. The molecule has 0 amide bonds. The van der Waals surface area contributed by atoms with Crippen LogP contribution in [0.3, 0.4) is 0 Å². The molecule has 0 radical (unpaired) electrons. The third-order valence-corrected chi connectivity index (χ3v) is 1.91. The molecule has 1 heteroatoms. The second-order valence-corrected chi connectivity index (χ2v) is 4.38. The molecule has 0 aromatic carbocycles. The van der Waals surface area contributed by atoms with Crippen LogP contribution in [0.1, 0.15) is 36.0 Å². The molecule has 0 unspecified atom stereocenters. The van der Waals surface area contributed by atoms with E-state index < -0.39 is 0 Å². The summed E-state index contributed by atoms with van der Waals surface area (Å²) in [5, 5.41) is 3.34. The highest BCUT2D eigenvalue weighted by atomic mass is 14.9. The molecule has 0 rings (SSSR count). The highest BCUT2D eigenvalue weighted by molar-refractivity contribution is 4.81. The van der Waals surface area contributed by atoms with Crippen molar-refractivity contribution in [2.75, 3.05) is 7.05 Å². The minimum absolute atomic E-state index is 0. The summed E-state index contributed by atoms with van der Waals surface area (Å²) < 4.78 is 0.